The number of rotatable bonds is 8. The highest BCUT2D eigenvalue weighted by Gasteiger charge is 2.15. The first-order chi connectivity index (χ1) is 7.86. The van der Waals surface area contributed by atoms with Gasteiger partial charge in [0.2, 0.25) is 0 Å². The lowest BCUT2D eigenvalue weighted by Crippen LogP contribution is -2.46. The average molecular weight is 227 g/mol. The first-order valence-corrected chi connectivity index (χ1v) is 7.01. The Balaban J connectivity index is 2.00. The van der Waals surface area contributed by atoms with Crippen LogP contribution in [0.3, 0.4) is 0 Å². The van der Waals surface area contributed by atoms with Crippen molar-refractivity contribution in [2.45, 2.75) is 39.0 Å². The van der Waals surface area contributed by atoms with Crippen molar-refractivity contribution in [3.8, 4) is 0 Å². The van der Waals surface area contributed by atoms with Crippen LogP contribution in [0.1, 0.15) is 39.0 Å². The highest BCUT2D eigenvalue weighted by atomic mass is 15.3. The van der Waals surface area contributed by atoms with Crippen molar-refractivity contribution in [3.63, 3.8) is 0 Å². The molecule has 0 unspecified atom stereocenters. The summed E-state index contributed by atoms with van der Waals surface area (Å²) < 4.78 is 0. The fourth-order valence-corrected chi connectivity index (χ4v) is 2.30. The molecule has 1 rings (SSSR count). The number of nitrogens with two attached hydrogens (primary N) is 1. The Hall–Kier alpha value is -0.120. The Labute approximate surface area is 101 Å². The lowest BCUT2D eigenvalue weighted by Gasteiger charge is -2.34. The summed E-state index contributed by atoms with van der Waals surface area (Å²) in [5, 5.41) is 0. The first-order valence-electron chi connectivity index (χ1n) is 7.01. The van der Waals surface area contributed by atoms with Crippen LogP contribution in [0, 0.1) is 0 Å². The predicted molar refractivity (Wildman–Crippen MR) is 70.7 cm³/mol. The van der Waals surface area contributed by atoms with Crippen LogP contribution in [0.4, 0.5) is 0 Å². The van der Waals surface area contributed by atoms with Crippen molar-refractivity contribution in [1.82, 2.24) is 9.80 Å². The SMILES string of the molecule is CCCCCN1CCN(CCCCN)CC1. The Morgan fingerprint density at radius 1 is 0.812 bits per heavy atom. The fraction of sp³-hybridized carbons (Fsp3) is 1.00. The molecule has 0 aromatic heterocycles. The summed E-state index contributed by atoms with van der Waals surface area (Å²) in [4.78, 5) is 5.21. The molecule has 96 valence electrons. The molecular formula is C13H29N3. The number of nitrogens with zero attached hydrogens (tertiary/aromatic N) is 2. The first kappa shape index (κ1) is 13.9. The average Bonchev–Trinajstić information content (AvgIpc) is 2.32. The third-order valence-electron chi connectivity index (χ3n) is 3.47. The number of piperazine rings is 1. The normalized spacial score (nSPS) is 19.1. The number of unbranched alkanes of at least 4 members (excludes halogenated alkanes) is 3. The molecular weight excluding hydrogens is 198 g/mol. The van der Waals surface area contributed by atoms with E-state index < -0.39 is 0 Å². The lowest BCUT2D eigenvalue weighted by atomic mass is 10.2. The molecule has 1 aliphatic heterocycles. The molecule has 0 atom stereocenters. The van der Waals surface area contributed by atoms with Gasteiger partial charge in [-0.05, 0) is 38.9 Å². The molecule has 3 heteroatoms. The van der Waals surface area contributed by atoms with E-state index >= 15 is 0 Å². The second-order valence-corrected chi connectivity index (χ2v) is 4.89. The molecule has 1 heterocycles. The Morgan fingerprint density at radius 2 is 1.31 bits per heavy atom. The summed E-state index contributed by atoms with van der Waals surface area (Å²) in [6, 6.07) is 0. The van der Waals surface area contributed by atoms with Crippen molar-refractivity contribution in [1.29, 1.82) is 0 Å². The van der Waals surface area contributed by atoms with E-state index in [1.165, 1.54) is 71.4 Å². The van der Waals surface area contributed by atoms with E-state index in [1.54, 1.807) is 0 Å². The lowest BCUT2D eigenvalue weighted by molar-refractivity contribution is 0.129. The zero-order valence-corrected chi connectivity index (χ0v) is 11.0. The minimum atomic E-state index is 0.844. The summed E-state index contributed by atoms with van der Waals surface area (Å²) in [6.45, 7) is 10.7. The van der Waals surface area contributed by atoms with Crippen LogP contribution in [-0.4, -0.2) is 55.6 Å². The molecule has 0 bridgehead atoms. The van der Waals surface area contributed by atoms with E-state index in [0.717, 1.165) is 6.54 Å². The Kier molecular flexibility index (Phi) is 7.81. The Bertz CT molecular complexity index is 135. The number of hydrogen-bond donors (Lipinski definition) is 1. The molecule has 3 nitrogen and oxygen atoms in total. The van der Waals surface area contributed by atoms with Crippen molar-refractivity contribution < 1.29 is 0 Å². The van der Waals surface area contributed by atoms with E-state index in [9.17, 15) is 0 Å². The molecule has 0 aliphatic carbocycles. The molecule has 0 radical (unpaired) electrons. The molecule has 16 heavy (non-hydrogen) atoms. The molecule has 0 aromatic carbocycles. The van der Waals surface area contributed by atoms with Crippen LogP contribution >= 0.6 is 0 Å². The quantitative estimate of drug-likeness (QED) is 0.638. The van der Waals surface area contributed by atoms with Gasteiger partial charge in [-0.25, -0.2) is 0 Å². The molecule has 1 saturated heterocycles. The van der Waals surface area contributed by atoms with Gasteiger partial charge in [0.15, 0.2) is 0 Å². The molecule has 0 aromatic rings. The standard InChI is InChI=1S/C13H29N3/c1-2-3-5-8-15-10-12-16(13-11-15)9-6-4-7-14/h2-14H2,1H3. The van der Waals surface area contributed by atoms with E-state index in [0.29, 0.717) is 0 Å². The molecule has 0 amide bonds. The molecule has 1 aliphatic rings. The van der Waals surface area contributed by atoms with Gasteiger partial charge < -0.3 is 15.5 Å². The van der Waals surface area contributed by atoms with E-state index in [-0.39, 0.29) is 0 Å². The van der Waals surface area contributed by atoms with Gasteiger partial charge in [-0.3, -0.25) is 0 Å². The van der Waals surface area contributed by atoms with Gasteiger partial charge in [0, 0.05) is 26.2 Å². The third kappa shape index (κ3) is 5.83. The van der Waals surface area contributed by atoms with Gasteiger partial charge in [-0.2, -0.15) is 0 Å². The van der Waals surface area contributed by atoms with E-state index in [2.05, 4.69) is 16.7 Å². The van der Waals surface area contributed by atoms with Crippen molar-refractivity contribution in [2.75, 3.05) is 45.8 Å². The van der Waals surface area contributed by atoms with Gasteiger partial charge in [0.05, 0.1) is 0 Å². The fourth-order valence-electron chi connectivity index (χ4n) is 2.30. The number of hydrogen-bond acceptors (Lipinski definition) is 3. The van der Waals surface area contributed by atoms with Crippen LogP contribution in [0.2, 0.25) is 0 Å². The molecule has 0 saturated carbocycles. The molecule has 0 spiro atoms. The van der Waals surface area contributed by atoms with Gasteiger partial charge in [0.1, 0.15) is 0 Å². The molecule has 1 fully saturated rings. The zero-order valence-electron chi connectivity index (χ0n) is 11.0. The van der Waals surface area contributed by atoms with Crippen molar-refractivity contribution in [3.05, 3.63) is 0 Å². The largest absolute Gasteiger partial charge is 0.330 e. The van der Waals surface area contributed by atoms with Crippen LogP contribution < -0.4 is 5.73 Å². The van der Waals surface area contributed by atoms with Crippen LogP contribution in [0.5, 0.6) is 0 Å². The van der Waals surface area contributed by atoms with Crippen LogP contribution in [0.15, 0.2) is 0 Å². The van der Waals surface area contributed by atoms with Crippen molar-refractivity contribution in [2.24, 2.45) is 5.73 Å². The summed E-state index contributed by atoms with van der Waals surface area (Å²) in [5.41, 5.74) is 5.51. The van der Waals surface area contributed by atoms with E-state index in [4.69, 9.17) is 5.73 Å². The van der Waals surface area contributed by atoms with Gasteiger partial charge in [0.25, 0.3) is 0 Å². The van der Waals surface area contributed by atoms with Gasteiger partial charge in [-0.1, -0.05) is 19.8 Å². The maximum Gasteiger partial charge on any atom is 0.0110 e. The third-order valence-corrected chi connectivity index (χ3v) is 3.47. The van der Waals surface area contributed by atoms with E-state index in [1.807, 2.05) is 0 Å². The highest BCUT2D eigenvalue weighted by Crippen LogP contribution is 2.05. The summed E-state index contributed by atoms with van der Waals surface area (Å²) in [6.07, 6.45) is 6.54. The maximum atomic E-state index is 5.51. The highest BCUT2D eigenvalue weighted by molar-refractivity contribution is 4.71. The monoisotopic (exact) mass is 227 g/mol. The maximum absolute atomic E-state index is 5.51. The van der Waals surface area contributed by atoms with Crippen molar-refractivity contribution >= 4 is 0 Å². The topological polar surface area (TPSA) is 32.5 Å². The molecule has 2 N–H and O–H groups in total. The van der Waals surface area contributed by atoms with Crippen LogP contribution in [-0.2, 0) is 0 Å². The second kappa shape index (κ2) is 8.97. The summed E-state index contributed by atoms with van der Waals surface area (Å²) in [7, 11) is 0. The minimum Gasteiger partial charge on any atom is -0.330 e. The van der Waals surface area contributed by atoms with Gasteiger partial charge in [-0.15, -0.1) is 0 Å². The second-order valence-electron chi connectivity index (χ2n) is 4.89. The summed E-state index contributed by atoms with van der Waals surface area (Å²) >= 11 is 0. The van der Waals surface area contributed by atoms with Gasteiger partial charge >= 0.3 is 0 Å². The predicted octanol–water partition coefficient (Wildman–Crippen LogP) is 1.53. The Morgan fingerprint density at radius 3 is 1.75 bits per heavy atom. The smallest absolute Gasteiger partial charge is 0.0110 e. The van der Waals surface area contributed by atoms with Crippen LogP contribution in [0.25, 0.3) is 0 Å². The zero-order chi connectivity index (χ0) is 11.6. The summed E-state index contributed by atoms with van der Waals surface area (Å²) in [5.74, 6) is 0. The minimum absolute atomic E-state index is 0.844.